The Bertz CT molecular complexity index is 1280. The van der Waals surface area contributed by atoms with Gasteiger partial charge in [0, 0.05) is 18.5 Å². The molecule has 158 valence electrons. The summed E-state index contributed by atoms with van der Waals surface area (Å²) in [5.74, 6) is 2.58. The molecule has 1 aromatic carbocycles. The lowest BCUT2D eigenvalue weighted by atomic mass is 10.1. The second-order valence-electron chi connectivity index (χ2n) is 7.35. The van der Waals surface area contributed by atoms with Crippen LogP contribution in [0.2, 0.25) is 0 Å². The van der Waals surface area contributed by atoms with E-state index in [4.69, 9.17) is 13.9 Å². The molecule has 1 amide bonds. The number of thiophene rings is 1. The van der Waals surface area contributed by atoms with E-state index in [-0.39, 0.29) is 12.7 Å². The number of aromatic nitrogens is 2. The maximum absolute atomic E-state index is 13.4. The third kappa shape index (κ3) is 3.42. The van der Waals surface area contributed by atoms with E-state index >= 15 is 0 Å². The number of amides is 1. The molecule has 8 heteroatoms. The third-order valence-electron chi connectivity index (χ3n) is 5.39. The van der Waals surface area contributed by atoms with E-state index in [0.717, 1.165) is 38.5 Å². The average molecular weight is 436 g/mol. The topological polar surface area (TPSA) is 77.7 Å². The molecule has 0 atom stereocenters. The first-order chi connectivity index (χ1) is 15.0. The summed E-state index contributed by atoms with van der Waals surface area (Å²) in [6, 6.07) is 9.42. The number of fused-ring (bicyclic) bond motifs is 2. The lowest BCUT2D eigenvalue weighted by molar-refractivity contribution is 0.0756. The van der Waals surface area contributed by atoms with Crippen molar-refractivity contribution in [2.75, 3.05) is 13.3 Å². The van der Waals surface area contributed by atoms with Crippen LogP contribution in [-0.4, -0.2) is 34.1 Å². The third-order valence-corrected chi connectivity index (χ3v) is 6.56. The van der Waals surface area contributed by atoms with Gasteiger partial charge in [-0.2, -0.15) is 0 Å². The van der Waals surface area contributed by atoms with E-state index < -0.39 is 0 Å². The highest BCUT2D eigenvalue weighted by Gasteiger charge is 2.24. The molecule has 0 N–H and O–H groups in total. The van der Waals surface area contributed by atoms with Crippen LogP contribution in [-0.2, 0) is 6.54 Å². The summed E-state index contributed by atoms with van der Waals surface area (Å²) in [7, 11) is 0. The van der Waals surface area contributed by atoms with Gasteiger partial charge in [-0.1, -0.05) is 6.07 Å². The van der Waals surface area contributed by atoms with E-state index in [0.29, 0.717) is 29.6 Å². The number of benzene rings is 1. The second-order valence-corrected chi connectivity index (χ2v) is 8.35. The van der Waals surface area contributed by atoms with Crippen LogP contribution in [0.3, 0.4) is 0 Å². The Morgan fingerprint density at radius 2 is 2.00 bits per heavy atom. The second kappa shape index (κ2) is 7.70. The monoisotopic (exact) mass is 435 g/mol. The van der Waals surface area contributed by atoms with Gasteiger partial charge in [0.25, 0.3) is 5.91 Å². The van der Waals surface area contributed by atoms with Crippen molar-refractivity contribution >= 4 is 27.5 Å². The standard InChI is InChI=1S/C23H21N3O4S/c1-4-26(11-15-7-8-16-18(10-15)30-12-29-16)23(27)20-13(2)19-14(3)24-21(25-22(19)31-20)17-6-5-9-28-17/h5-10H,4,11-12H2,1-3H3. The van der Waals surface area contributed by atoms with Gasteiger partial charge in [-0.15, -0.1) is 11.3 Å². The molecule has 7 nitrogen and oxygen atoms in total. The molecule has 3 aromatic heterocycles. The van der Waals surface area contributed by atoms with E-state index in [9.17, 15) is 4.79 Å². The van der Waals surface area contributed by atoms with Crippen LogP contribution in [0.4, 0.5) is 0 Å². The van der Waals surface area contributed by atoms with Crippen LogP contribution in [0.25, 0.3) is 21.8 Å². The molecular formula is C23H21N3O4S. The largest absolute Gasteiger partial charge is 0.461 e. The summed E-state index contributed by atoms with van der Waals surface area (Å²) >= 11 is 1.40. The fourth-order valence-electron chi connectivity index (χ4n) is 3.79. The number of rotatable bonds is 5. The summed E-state index contributed by atoms with van der Waals surface area (Å²) in [5.41, 5.74) is 2.75. The summed E-state index contributed by atoms with van der Waals surface area (Å²) in [6.07, 6.45) is 1.60. The molecule has 4 heterocycles. The smallest absolute Gasteiger partial charge is 0.264 e. The zero-order valence-electron chi connectivity index (χ0n) is 17.5. The fraction of sp³-hybridized carbons (Fsp3) is 0.261. The van der Waals surface area contributed by atoms with Gasteiger partial charge in [0.05, 0.1) is 16.8 Å². The van der Waals surface area contributed by atoms with Gasteiger partial charge in [-0.05, 0) is 56.2 Å². The number of hydrogen-bond donors (Lipinski definition) is 0. The SMILES string of the molecule is CCN(Cc1ccc2c(c1)OCO2)C(=O)c1sc2nc(-c3ccco3)nc(C)c2c1C. The van der Waals surface area contributed by atoms with Crippen molar-refractivity contribution in [2.45, 2.75) is 27.3 Å². The van der Waals surface area contributed by atoms with E-state index in [1.54, 1.807) is 6.26 Å². The first-order valence-electron chi connectivity index (χ1n) is 10.0. The summed E-state index contributed by atoms with van der Waals surface area (Å²) < 4.78 is 16.3. The first kappa shape index (κ1) is 19.6. The number of carbonyl (C=O) groups excluding carboxylic acids is 1. The molecule has 1 aliphatic rings. The number of hydrogen-bond acceptors (Lipinski definition) is 7. The molecule has 0 saturated heterocycles. The Hall–Kier alpha value is -3.39. The van der Waals surface area contributed by atoms with Crippen molar-refractivity contribution < 1.29 is 18.7 Å². The number of nitrogens with zero attached hydrogens (tertiary/aromatic N) is 3. The minimum atomic E-state index is -0.0142. The molecule has 31 heavy (non-hydrogen) atoms. The van der Waals surface area contributed by atoms with Crippen LogP contribution < -0.4 is 9.47 Å². The number of ether oxygens (including phenoxy) is 2. The van der Waals surface area contributed by atoms with Crippen LogP contribution in [0.1, 0.15) is 33.4 Å². The first-order valence-corrected chi connectivity index (χ1v) is 10.9. The molecular weight excluding hydrogens is 414 g/mol. The van der Waals surface area contributed by atoms with Crippen molar-refractivity contribution in [3.05, 3.63) is 58.3 Å². The van der Waals surface area contributed by atoms with Gasteiger partial charge < -0.3 is 18.8 Å². The zero-order chi connectivity index (χ0) is 21.5. The Morgan fingerprint density at radius 1 is 1.16 bits per heavy atom. The van der Waals surface area contributed by atoms with Gasteiger partial charge in [0.15, 0.2) is 23.1 Å². The molecule has 0 fully saturated rings. The normalized spacial score (nSPS) is 12.5. The van der Waals surface area contributed by atoms with Crippen molar-refractivity contribution in [3.8, 4) is 23.1 Å². The number of furan rings is 1. The van der Waals surface area contributed by atoms with Crippen LogP contribution in [0.5, 0.6) is 11.5 Å². The summed E-state index contributed by atoms with van der Waals surface area (Å²) in [5, 5.41) is 0.933. The molecule has 0 bridgehead atoms. The fourth-order valence-corrected chi connectivity index (χ4v) is 4.99. The Labute approximate surface area is 183 Å². The lowest BCUT2D eigenvalue weighted by Crippen LogP contribution is -2.30. The quantitative estimate of drug-likeness (QED) is 0.441. The Balaban J connectivity index is 1.47. The van der Waals surface area contributed by atoms with Crippen molar-refractivity contribution in [2.24, 2.45) is 0 Å². The molecule has 5 rings (SSSR count). The van der Waals surface area contributed by atoms with E-state index in [1.165, 1.54) is 11.3 Å². The Kier molecular flexibility index (Phi) is 4.86. The highest BCUT2D eigenvalue weighted by molar-refractivity contribution is 7.20. The van der Waals surface area contributed by atoms with Crippen molar-refractivity contribution in [1.82, 2.24) is 14.9 Å². The predicted octanol–water partition coefficient (Wildman–Crippen LogP) is 4.96. The number of aryl methyl sites for hydroxylation is 2. The van der Waals surface area contributed by atoms with E-state index in [1.807, 2.05) is 56.0 Å². The summed E-state index contributed by atoms with van der Waals surface area (Å²) in [6.45, 7) is 7.19. The highest BCUT2D eigenvalue weighted by Crippen LogP contribution is 2.35. The molecule has 0 unspecified atom stereocenters. The van der Waals surface area contributed by atoms with Gasteiger partial charge in [-0.3, -0.25) is 4.79 Å². The molecule has 0 spiro atoms. The van der Waals surface area contributed by atoms with Gasteiger partial charge in [-0.25, -0.2) is 9.97 Å². The highest BCUT2D eigenvalue weighted by atomic mass is 32.1. The lowest BCUT2D eigenvalue weighted by Gasteiger charge is -2.21. The van der Waals surface area contributed by atoms with Gasteiger partial charge in [0.1, 0.15) is 4.83 Å². The Morgan fingerprint density at radius 3 is 2.77 bits per heavy atom. The van der Waals surface area contributed by atoms with Gasteiger partial charge >= 0.3 is 0 Å². The van der Waals surface area contributed by atoms with E-state index in [2.05, 4.69) is 9.97 Å². The average Bonchev–Trinajstić information content (AvgIpc) is 3.51. The van der Waals surface area contributed by atoms with Gasteiger partial charge in [0.2, 0.25) is 6.79 Å². The maximum Gasteiger partial charge on any atom is 0.264 e. The minimum Gasteiger partial charge on any atom is -0.461 e. The molecule has 0 radical (unpaired) electrons. The zero-order valence-corrected chi connectivity index (χ0v) is 18.3. The predicted molar refractivity (Wildman–Crippen MR) is 118 cm³/mol. The molecule has 4 aromatic rings. The minimum absolute atomic E-state index is 0.0142. The molecule has 1 aliphatic heterocycles. The van der Waals surface area contributed by atoms with Crippen LogP contribution in [0, 0.1) is 13.8 Å². The molecule has 0 saturated carbocycles. The van der Waals surface area contributed by atoms with Crippen LogP contribution >= 0.6 is 11.3 Å². The number of carbonyl (C=O) groups is 1. The van der Waals surface area contributed by atoms with Crippen molar-refractivity contribution in [1.29, 1.82) is 0 Å². The summed E-state index contributed by atoms with van der Waals surface area (Å²) in [4.78, 5) is 26.0. The molecule has 0 aliphatic carbocycles. The van der Waals surface area contributed by atoms with Crippen LogP contribution in [0.15, 0.2) is 41.0 Å². The van der Waals surface area contributed by atoms with Crippen molar-refractivity contribution in [3.63, 3.8) is 0 Å². The maximum atomic E-state index is 13.4.